The quantitative estimate of drug-likeness (QED) is 0.263. The monoisotopic (exact) mass is 707 g/mol. The Morgan fingerprint density at radius 2 is 1.82 bits per heavy atom. The predicted molar refractivity (Wildman–Crippen MR) is 195 cm³/mol. The van der Waals surface area contributed by atoms with Gasteiger partial charge in [0.2, 0.25) is 10.0 Å². The maximum Gasteiger partial charge on any atom is 0.264 e. The van der Waals surface area contributed by atoms with Crippen molar-refractivity contribution < 1.29 is 23.1 Å². The number of carbonyl (C=O) groups excluding carboxylic acids is 1. The van der Waals surface area contributed by atoms with E-state index in [4.69, 9.17) is 16.3 Å². The third-order valence-electron chi connectivity index (χ3n) is 11.1. The van der Waals surface area contributed by atoms with Gasteiger partial charge in [0.05, 0.1) is 17.5 Å². The molecule has 0 aromatic heterocycles. The van der Waals surface area contributed by atoms with Crippen LogP contribution in [0.1, 0.15) is 86.7 Å². The van der Waals surface area contributed by atoms with E-state index in [2.05, 4.69) is 26.4 Å². The smallest absolute Gasteiger partial charge is 0.264 e. The number of halogens is 1. The van der Waals surface area contributed by atoms with Gasteiger partial charge in [0, 0.05) is 29.6 Å². The van der Waals surface area contributed by atoms with Crippen LogP contribution in [-0.4, -0.2) is 67.9 Å². The van der Waals surface area contributed by atoms with Crippen LogP contribution in [-0.2, 0) is 23.1 Å². The van der Waals surface area contributed by atoms with Crippen LogP contribution < -0.4 is 14.4 Å². The molecule has 264 valence electrons. The SMILES string of the molecule is C[C@@H]1[C@@H](C)C/C=C/[C@@](O)(C#CCN2CCCCC2)[C@@H]2CC[C@H]2CN2CCCCc3cc(Cl)ccc3COc3ccc(cc32)C(=O)NS1(=O)=O. The Labute approximate surface area is 297 Å². The number of likely N-dealkylation sites (tertiary alicyclic amines) is 1. The molecule has 49 heavy (non-hydrogen) atoms. The summed E-state index contributed by atoms with van der Waals surface area (Å²) >= 11 is 6.36. The molecule has 2 aromatic carbocycles. The summed E-state index contributed by atoms with van der Waals surface area (Å²) in [5.41, 5.74) is 1.90. The van der Waals surface area contributed by atoms with Gasteiger partial charge in [-0.3, -0.25) is 9.69 Å². The molecule has 8 nitrogen and oxygen atoms in total. The number of benzene rings is 2. The lowest BCUT2D eigenvalue weighted by molar-refractivity contribution is -0.00302. The molecular formula is C39H50ClN3O5S. The van der Waals surface area contributed by atoms with Crippen molar-refractivity contribution in [3.05, 3.63) is 70.3 Å². The Morgan fingerprint density at radius 3 is 2.59 bits per heavy atom. The number of ether oxygens (including phenoxy) is 1. The number of fused-ring (bicyclic) bond motifs is 3. The van der Waals surface area contributed by atoms with Crippen molar-refractivity contribution >= 4 is 33.2 Å². The molecule has 3 heterocycles. The minimum absolute atomic E-state index is 0.0811. The fourth-order valence-corrected chi connectivity index (χ4v) is 9.12. The van der Waals surface area contributed by atoms with E-state index < -0.39 is 26.8 Å². The van der Waals surface area contributed by atoms with Crippen molar-refractivity contribution in [1.82, 2.24) is 9.62 Å². The van der Waals surface area contributed by atoms with Gasteiger partial charge in [-0.05, 0) is 131 Å². The first-order valence-corrected chi connectivity index (χ1v) is 19.9. The van der Waals surface area contributed by atoms with E-state index in [9.17, 15) is 18.3 Å². The molecule has 2 N–H and O–H groups in total. The van der Waals surface area contributed by atoms with Crippen molar-refractivity contribution in [3.8, 4) is 17.6 Å². The zero-order valence-electron chi connectivity index (χ0n) is 28.8. The van der Waals surface area contributed by atoms with Crippen molar-refractivity contribution in [3.63, 3.8) is 0 Å². The van der Waals surface area contributed by atoms with E-state index in [1.54, 1.807) is 25.1 Å². The summed E-state index contributed by atoms with van der Waals surface area (Å²) in [4.78, 5) is 18.1. The Balaban J connectivity index is 1.37. The van der Waals surface area contributed by atoms with Gasteiger partial charge in [-0.1, -0.05) is 48.9 Å². The summed E-state index contributed by atoms with van der Waals surface area (Å²) in [7, 11) is -3.98. The van der Waals surface area contributed by atoms with Crippen LogP contribution in [0, 0.1) is 29.6 Å². The second kappa shape index (κ2) is 15.5. The maximum absolute atomic E-state index is 13.5. The average Bonchev–Trinajstić information content (AvgIpc) is 3.09. The van der Waals surface area contributed by atoms with Gasteiger partial charge in [-0.2, -0.15) is 0 Å². The molecule has 2 aromatic rings. The third-order valence-corrected chi connectivity index (χ3v) is 13.3. The van der Waals surface area contributed by atoms with Gasteiger partial charge in [0.1, 0.15) is 18.0 Å². The molecule has 4 aliphatic rings. The van der Waals surface area contributed by atoms with Crippen molar-refractivity contribution in [1.29, 1.82) is 0 Å². The highest BCUT2D eigenvalue weighted by Crippen LogP contribution is 2.45. The van der Waals surface area contributed by atoms with Gasteiger partial charge < -0.3 is 14.7 Å². The van der Waals surface area contributed by atoms with Crippen LogP contribution >= 0.6 is 11.6 Å². The minimum atomic E-state index is -3.98. The molecule has 5 atom stereocenters. The van der Waals surface area contributed by atoms with Crippen LogP contribution in [0.5, 0.6) is 5.75 Å². The summed E-state index contributed by atoms with van der Waals surface area (Å²) in [6.07, 6.45) is 12.3. The fourth-order valence-electron chi connectivity index (χ4n) is 7.64. The number of carbonyl (C=O) groups is 1. The highest BCUT2D eigenvalue weighted by Gasteiger charge is 2.45. The first kappa shape index (κ1) is 35.8. The first-order chi connectivity index (χ1) is 23.5. The molecule has 0 spiro atoms. The second-order valence-electron chi connectivity index (χ2n) is 14.5. The van der Waals surface area contributed by atoms with E-state index in [1.807, 2.05) is 37.3 Å². The number of anilines is 1. The normalized spacial score (nSPS) is 30.0. The molecule has 1 saturated heterocycles. The molecule has 6 rings (SSSR count). The lowest BCUT2D eigenvalue weighted by Crippen LogP contribution is -2.49. The number of aryl methyl sites for hydroxylation is 1. The van der Waals surface area contributed by atoms with E-state index in [1.165, 1.54) is 19.3 Å². The third kappa shape index (κ3) is 8.48. The largest absolute Gasteiger partial charge is 0.487 e. The number of rotatable bonds is 1. The van der Waals surface area contributed by atoms with Crippen molar-refractivity contribution in [2.75, 3.05) is 37.6 Å². The Bertz CT molecular complexity index is 1710. The molecule has 3 aliphatic heterocycles. The first-order valence-electron chi connectivity index (χ1n) is 18.0. The molecule has 2 fully saturated rings. The molecule has 1 amide bonds. The molecule has 1 aliphatic carbocycles. The number of nitrogens with one attached hydrogen (secondary N) is 1. The number of hydrogen-bond donors (Lipinski definition) is 2. The van der Waals surface area contributed by atoms with Gasteiger partial charge >= 0.3 is 0 Å². The predicted octanol–water partition coefficient (Wildman–Crippen LogP) is 6.35. The van der Waals surface area contributed by atoms with Crippen LogP contribution in [0.4, 0.5) is 5.69 Å². The summed E-state index contributed by atoms with van der Waals surface area (Å²) in [6.45, 7) is 7.88. The van der Waals surface area contributed by atoms with E-state index >= 15 is 0 Å². The van der Waals surface area contributed by atoms with E-state index in [0.29, 0.717) is 43.4 Å². The van der Waals surface area contributed by atoms with Gasteiger partial charge in [-0.25, -0.2) is 13.1 Å². The Morgan fingerprint density at radius 1 is 1.02 bits per heavy atom. The Kier molecular flexibility index (Phi) is 11.3. The highest BCUT2D eigenvalue weighted by molar-refractivity contribution is 7.90. The topological polar surface area (TPSA) is 99.2 Å². The van der Waals surface area contributed by atoms with Crippen LogP contribution in [0.25, 0.3) is 0 Å². The van der Waals surface area contributed by atoms with Crippen LogP contribution in [0.15, 0.2) is 48.6 Å². The fraction of sp³-hybridized carbons (Fsp3) is 0.564. The molecule has 2 bridgehead atoms. The zero-order chi connectivity index (χ0) is 34.6. The highest BCUT2D eigenvalue weighted by atomic mass is 35.5. The number of sulfonamides is 1. The second-order valence-corrected chi connectivity index (χ2v) is 17.0. The van der Waals surface area contributed by atoms with Gasteiger partial charge in [0.15, 0.2) is 0 Å². The van der Waals surface area contributed by atoms with E-state index in [-0.39, 0.29) is 23.3 Å². The van der Waals surface area contributed by atoms with Gasteiger partial charge in [-0.15, -0.1) is 0 Å². The van der Waals surface area contributed by atoms with Crippen molar-refractivity contribution in [2.24, 2.45) is 17.8 Å². The number of allylic oxidation sites excluding steroid dienone is 1. The summed E-state index contributed by atoms with van der Waals surface area (Å²) in [6, 6.07) is 11.1. The number of nitrogens with zero attached hydrogens (tertiary/aromatic N) is 2. The number of piperidine rings is 1. The number of hydrogen-bond acceptors (Lipinski definition) is 7. The summed E-state index contributed by atoms with van der Waals surface area (Å²) in [5.74, 6) is 6.39. The molecule has 10 heteroatoms. The molecule has 1 saturated carbocycles. The average molecular weight is 708 g/mol. The van der Waals surface area contributed by atoms with Gasteiger partial charge in [0.25, 0.3) is 5.91 Å². The minimum Gasteiger partial charge on any atom is -0.487 e. The number of amides is 1. The lowest BCUT2D eigenvalue weighted by Gasteiger charge is -2.46. The Hall–Kier alpha value is -3.03. The summed E-state index contributed by atoms with van der Waals surface area (Å²) in [5, 5.41) is 12.2. The molecular weight excluding hydrogens is 658 g/mol. The van der Waals surface area contributed by atoms with Crippen LogP contribution in [0.3, 0.4) is 0 Å². The van der Waals surface area contributed by atoms with Crippen molar-refractivity contribution in [2.45, 2.75) is 89.1 Å². The number of aliphatic hydroxyl groups is 1. The summed E-state index contributed by atoms with van der Waals surface area (Å²) < 4.78 is 35.6. The lowest BCUT2D eigenvalue weighted by atomic mass is 9.64. The molecule has 0 unspecified atom stereocenters. The maximum atomic E-state index is 13.5. The zero-order valence-corrected chi connectivity index (χ0v) is 30.4. The van der Waals surface area contributed by atoms with Crippen LogP contribution in [0.2, 0.25) is 5.02 Å². The van der Waals surface area contributed by atoms with E-state index in [0.717, 1.165) is 62.0 Å². The standard InChI is InChI=1S/C39H50ClN3O5S/c1-28-10-8-18-39(45,19-9-22-42-20-5-3-6-21-42)35-16-13-32(35)26-43-23-7-4-11-30-24-34(40)15-12-33(30)27-48-37-17-14-31(25-36(37)43)38(44)41-49(46,47)29(28)2/h8,12,14-15,17-18,24-25,28-29,32,35,45H,3-7,10-11,13,16,20-23,26-27H2,1-2H3,(H,41,44)/b18-8+/t28-,29+,32-,35+,39+/m0/s1. The molecule has 0 radical (unpaired) electrons.